The van der Waals surface area contributed by atoms with E-state index in [2.05, 4.69) is 45.6 Å². The van der Waals surface area contributed by atoms with Gasteiger partial charge in [-0.2, -0.15) is 4.80 Å². The third-order valence-electron chi connectivity index (χ3n) is 5.19. The van der Waals surface area contributed by atoms with Crippen molar-refractivity contribution in [1.29, 1.82) is 0 Å². The van der Waals surface area contributed by atoms with Crippen molar-refractivity contribution in [1.82, 2.24) is 30.4 Å². The molecule has 156 valence electrons. The summed E-state index contributed by atoms with van der Waals surface area (Å²) in [7, 11) is 0. The van der Waals surface area contributed by atoms with E-state index in [1.807, 2.05) is 19.1 Å². The van der Waals surface area contributed by atoms with Crippen molar-refractivity contribution in [2.24, 2.45) is 0 Å². The molecule has 29 heavy (non-hydrogen) atoms. The zero-order valence-electron chi connectivity index (χ0n) is 17.3. The standard InChI is InChI=1S/C21H29ClN6O/c1-4-19(28-25-20(24-26-28)16-5-7-17(22)8-6-16)21(29)23-18-10-13-27(14-11-18)12-9-15(2)3/h5-9,18-19H,4,10-14H2,1-3H3,(H,23,29). The number of nitrogens with one attached hydrogen (secondary N) is 1. The Hall–Kier alpha value is -2.25. The molecule has 1 unspecified atom stereocenters. The average Bonchev–Trinajstić information content (AvgIpc) is 3.18. The second-order valence-corrected chi connectivity index (χ2v) is 8.17. The van der Waals surface area contributed by atoms with Crippen LogP contribution in [0.5, 0.6) is 0 Å². The quantitative estimate of drug-likeness (QED) is 0.699. The first-order chi connectivity index (χ1) is 14.0. The van der Waals surface area contributed by atoms with Crippen LogP contribution in [0.3, 0.4) is 0 Å². The first kappa shape index (κ1) is 21.5. The first-order valence-corrected chi connectivity index (χ1v) is 10.6. The average molecular weight is 417 g/mol. The number of allylic oxidation sites excluding steroid dienone is 1. The highest BCUT2D eigenvalue weighted by atomic mass is 35.5. The Balaban J connectivity index is 1.57. The second-order valence-electron chi connectivity index (χ2n) is 7.73. The number of nitrogens with zero attached hydrogens (tertiary/aromatic N) is 5. The predicted octanol–water partition coefficient (Wildman–Crippen LogP) is 3.49. The van der Waals surface area contributed by atoms with Gasteiger partial charge in [-0.25, -0.2) is 0 Å². The van der Waals surface area contributed by atoms with Crippen molar-refractivity contribution in [3.63, 3.8) is 0 Å². The molecule has 1 atom stereocenters. The number of carbonyl (C=O) groups excluding carboxylic acids is 1. The summed E-state index contributed by atoms with van der Waals surface area (Å²) in [5, 5.41) is 16.5. The van der Waals surface area contributed by atoms with Gasteiger partial charge in [0.25, 0.3) is 0 Å². The van der Waals surface area contributed by atoms with Crippen molar-refractivity contribution < 1.29 is 4.79 Å². The molecule has 1 aromatic carbocycles. The number of hydrogen-bond acceptors (Lipinski definition) is 5. The van der Waals surface area contributed by atoms with Crippen LogP contribution in [-0.2, 0) is 4.79 Å². The van der Waals surface area contributed by atoms with E-state index >= 15 is 0 Å². The molecule has 2 heterocycles. The van der Waals surface area contributed by atoms with Crippen LogP contribution in [0.15, 0.2) is 35.9 Å². The van der Waals surface area contributed by atoms with Crippen LogP contribution < -0.4 is 5.32 Å². The molecule has 0 saturated carbocycles. The van der Waals surface area contributed by atoms with Crippen LogP contribution in [0.1, 0.15) is 46.1 Å². The van der Waals surface area contributed by atoms with E-state index in [1.165, 1.54) is 10.4 Å². The maximum atomic E-state index is 12.8. The molecule has 1 N–H and O–H groups in total. The van der Waals surface area contributed by atoms with Crippen molar-refractivity contribution >= 4 is 17.5 Å². The van der Waals surface area contributed by atoms with Gasteiger partial charge in [0.05, 0.1) is 0 Å². The molecule has 1 aliphatic heterocycles. The number of piperidine rings is 1. The van der Waals surface area contributed by atoms with Gasteiger partial charge in [-0.05, 0) is 62.6 Å². The largest absolute Gasteiger partial charge is 0.351 e. The third-order valence-corrected chi connectivity index (χ3v) is 5.44. The van der Waals surface area contributed by atoms with Gasteiger partial charge in [0.1, 0.15) is 0 Å². The number of aromatic nitrogens is 4. The van der Waals surface area contributed by atoms with Gasteiger partial charge >= 0.3 is 0 Å². The number of hydrogen-bond donors (Lipinski definition) is 1. The lowest BCUT2D eigenvalue weighted by molar-refractivity contribution is -0.126. The Morgan fingerprint density at radius 1 is 1.28 bits per heavy atom. The lowest BCUT2D eigenvalue weighted by atomic mass is 10.0. The van der Waals surface area contributed by atoms with E-state index in [0.717, 1.165) is 38.0 Å². The van der Waals surface area contributed by atoms with Crippen molar-refractivity contribution in [3.8, 4) is 11.4 Å². The van der Waals surface area contributed by atoms with Crippen molar-refractivity contribution in [3.05, 3.63) is 40.9 Å². The molecule has 1 amide bonds. The molecule has 8 heteroatoms. The van der Waals surface area contributed by atoms with E-state index in [0.29, 0.717) is 17.3 Å². The summed E-state index contributed by atoms with van der Waals surface area (Å²) in [6.07, 6.45) is 4.77. The molecular weight excluding hydrogens is 388 g/mol. The molecule has 1 fully saturated rings. The number of tetrazole rings is 1. The summed E-state index contributed by atoms with van der Waals surface area (Å²) in [4.78, 5) is 16.7. The topological polar surface area (TPSA) is 75.9 Å². The lowest BCUT2D eigenvalue weighted by Crippen LogP contribution is -2.46. The maximum Gasteiger partial charge on any atom is 0.247 e. The minimum Gasteiger partial charge on any atom is -0.351 e. The van der Waals surface area contributed by atoms with E-state index in [-0.39, 0.29) is 11.9 Å². The Morgan fingerprint density at radius 3 is 2.59 bits per heavy atom. The van der Waals surface area contributed by atoms with Gasteiger partial charge in [0.15, 0.2) is 6.04 Å². The SMILES string of the molecule is CCC(C(=O)NC1CCN(CC=C(C)C)CC1)n1nnc(-c2ccc(Cl)cc2)n1. The molecule has 0 aliphatic carbocycles. The maximum absolute atomic E-state index is 12.8. The summed E-state index contributed by atoms with van der Waals surface area (Å²) >= 11 is 5.93. The van der Waals surface area contributed by atoms with Crippen molar-refractivity contribution in [2.75, 3.05) is 19.6 Å². The van der Waals surface area contributed by atoms with Crippen LogP contribution in [0.25, 0.3) is 11.4 Å². The molecule has 0 bridgehead atoms. The number of amides is 1. The van der Waals surface area contributed by atoms with Crippen LogP contribution in [-0.4, -0.2) is 56.7 Å². The smallest absolute Gasteiger partial charge is 0.247 e. The summed E-state index contributed by atoms with van der Waals surface area (Å²) in [6.45, 7) is 9.17. The fourth-order valence-electron chi connectivity index (χ4n) is 3.39. The van der Waals surface area contributed by atoms with E-state index < -0.39 is 6.04 Å². The van der Waals surface area contributed by atoms with Crippen LogP contribution >= 0.6 is 11.6 Å². The molecule has 0 spiro atoms. The predicted molar refractivity (Wildman–Crippen MR) is 115 cm³/mol. The number of benzene rings is 1. The zero-order chi connectivity index (χ0) is 20.8. The lowest BCUT2D eigenvalue weighted by Gasteiger charge is -2.32. The molecule has 1 aromatic heterocycles. The van der Waals surface area contributed by atoms with Crippen LogP contribution in [0.4, 0.5) is 0 Å². The van der Waals surface area contributed by atoms with Gasteiger partial charge in [-0.1, -0.05) is 30.2 Å². The minimum atomic E-state index is -0.466. The van der Waals surface area contributed by atoms with Gasteiger partial charge in [0, 0.05) is 36.3 Å². The fraction of sp³-hybridized carbons (Fsp3) is 0.524. The van der Waals surface area contributed by atoms with Gasteiger partial charge < -0.3 is 5.32 Å². The molecule has 7 nitrogen and oxygen atoms in total. The van der Waals surface area contributed by atoms with Crippen molar-refractivity contribution in [2.45, 2.75) is 52.1 Å². The van der Waals surface area contributed by atoms with E-state index in [9.17, 15) is 4.79 Å². The third kappa shape index (κ3) is 5.87. The first-order valence-electron chi connectivity index (χ1n) is 10.2. The Labute approximate surface area is 177 Å². The summed E-state index contributed by atoms with van der Waals surface area (Å²) in [5.74, 6) is 0.441. The van der Waals surface area contributed by atoms with E-state index in [1.54, 1.807) is 12.1 Å². The van der Waals surface area contributed by atoms with Gasteiger partial charge in [0.2, 0.25) is 11.7 Å². The highest BCUT2D eigenvalue weighted by molar-refractivity contribution is 6.30. The molecule has 1 aliphatic rings. The number of halogens is 1. The number of carbonyl (C=O) groups is 1. The highest BCUT2D eigenvalue weighted by Gasteiger charge is 2.26. The zero-order valence-corrected chi connectivity index (χ0v) is 18.1. The van der Waals surface area contributed by atoms with Gasteiger partial charge in [-0.15, -0.1) is 10.2 Å². The summed E-state index contributed by atoms with van der Waals surface area (Å²) in [6, 6.07) is 6.98. The normalized spacial score (nSPS) is 16.4. The fourth-order valence-corrected chi connectivity index (χ4v) is 3.52. The van der Waals surface area contributed by atoms with Crippen LogP contribution in [0.2, 0.25) is 5.02 Å². The number of likely N-dealkylation sites (tertiary alicyclic amines) is 1. The highest BCUT2D eigenvalue weighted by Crippen LogP contribution is 2.19. The molecule has 0 radical (unpaired) electrons. The molecule has 3 rings (SSSR count). The minimum absolute atomic E-state index is 0.0460. The summed E-state index contributed by atoms with van der Waals surface area (Å²) in [5.41, 5.74) is 2.16. The number of rotatable bonds is 7. The Kier molecular flexibility index (Phi) is 7.39. The van der Waals surface area contributed by atoms with E-state index in [4.69, 9.17) is 11.6 Å². The molecular formula is C21H29ClN6O. The van der Waals surface area contributed by atoms with Crippen LogP contribution in [0, 0.1) is 0 Å². The summed E-state index contributed by atoms with van der Waals surface area (Å²) < 4.78 is 0. The Morgan fingerprint density at radius 2 is 1.97 bits per heavy atom. The Bertz CT molecular complexity index is 835. The molecule has 2 aromatic rings. The molecule has 1 saturated heterocycles. The monoisotopic (exact) mass is 416 g/mol. The second kappa shape index (κ2) is 9.98. The van der Waals surface area contributed by atoms with Gasteiger partial charge in [-0.3, -0.25) is 9.69 Å².